The summed E-state index contributed by atoms with van der Waals surface area (Å²) in [5.41, 5.74) is 1.85. The maximum Gasteiger partial charge on any atom is 0.317 e. The fraction of sp³-hybridized carbons (Fsp3) is 0.600. The average molecular weight is 358 g/mol. The van der Waals surface area contributed by atoms with Gasteiger partial charge in [-0.3, -0.25) is 4.79 Å². The predicted molar refractivity (Wildman–Crippen MR) is 104 cm³/mol. The number of piperidine rings is 1. The molecule has 2 amide bonds. The van der Waals surface area contributed by atoms with Gasteiger partial charge >= 0.3 is 6.03 Å². The molecule has 2 aliphatic rings. The fourth-order valence-electron chi connectivity index (χ4n) is 3.86. The van der Waals surface area contributed by atoms with Crippen LogP contribution in [0.25, 0.3) is 0 Å². The molecule has 0 spiro atoms. The molecule has 0 bridgehead atoms. The van der Waals surface area contributed by atoms with E-state index in [9.17, 15) is 9.59 Å². The van der Waals surface area contributed by atoms with E-state index in [0.29, 0.717) is 5.92 Å². The second-order valence-corrected chi connectivity index (χ2v) is 7.53. The molecule has 1 atom stereocenters. The number of piperazine rings is 1. The number of hydrogen-bond acceptors (Lipinski definition) is 4. The van der Waals surface area contributed by atoms with Crippen LogP contribution >= 0.6 is 0 Å². The van der Waals surface area contributed by atoms with Crippen LogP contribution in [0.3, 0.4) is 0 Å². The van der Waals surface area contributed by atoms with E-state index < -0.39 is 0 Å². The van der Waals surface area contributed by atoms with Gasteiger partial charge in [0, 0.05) is 50.5 Å². The summed E-state index contributed by atoms with van der Waals surface area (Å²) < 4.78 is 0. The van der Waals surface area contributed by atoms with Crippen molar-refractivity contribution in [2.45, 2.75) is 19.8 Å². The van der Waals surface area contributed by atoms with Crippen LogP contribution < -0.4 is 10.2 Å². The van der Waals surface area contributed by atoms with Crippen molar-refractivity contribution in [3.63, 3.8) is 0 Å². The Balaban J connectivity index is 1.44. The van der Waals surface area contributed by atoms with Crippen molar-refractivity contribution in [3.05, 3.63) is 29.8 Å². The molecule has 2 aliphatic heterocycles. The lowest BCUT2D eigenvalue weighted by Crippen LogP contribution is -2.52. The molecule has 0 saturated carbocycles. The van der Waals surface area contributed by atoms with E-state index in [1.807, 2.05) is 29.2 Å². The molecule has 1 N–H and O–H groups in total. The summed E-state index contributed by atoms with van der Waals surface area (Å²) in [6, 6.07) is 7.79. The number of urea groups is 1. The van der Waals surface area contributed by atoms with E-state index in [2.05, 4.69) is 22.2 Å². The van der Waals surface area contributed by atoms with Gasteiger partial charge in [-0.25, -0.2) is 4.79 Å². The Hall–Kier alpha value is -2.08. The van der Waals surface area contributed by atoms with Gasteiger partial charge < -0.3 is 20.0 Å². The third kappa shape index (κ3) is 4.75. The molecule has 0 unspecified atom stereocenters. The van der Waals surface area contributed by atoms with Gasteiger partial charge in [0.1, 0.15) is 0 Å². The molecule has 2 fully saturated rings. The minimum absolute atomic E-state index is 0.0600. The third-order valence-corrected chi connectivity index (χ3v) is 5.47. The summed E-state index contributed by atoms with van der Waals surface area (Å²) >= 11 is 0. The molecule has 6 nitrogen and oxygen atoms in total. The molecule has 1 aromatic carbocycles. The smallest absolute Gasteiger partial charge is 0.317 e. The molecule has 0 aliphatic carbocycles. The predicted octanol–water partition coefficient (Wildman–Crippen LogP) is 2.06. The standard InChI is InChI=1S/C20H30N4O2/c1-16(25)18-5-7-19(8-6-18)23-10-12-24(13-11-23)20(26)21-14-17-4-3-9-22(2)15-17/h5-8,17H,3-4,9-15H2,1-2H3,(H,21,26)/t17-/m1/s1. The van der Waals surface area contributed by atoms with Crippen LogP contribution in [0.5, 0.6) is 0 Å². The van der Waals surface area contributed by atoms with Crippen molar-refractivity contribution in [2.24, 2.45) is 5.92 Å². The number of nitrogens with zero attached hydrogens (tertiary/aromatic N) is 3. The number of Topliss-reactive ketones (excluding diaryl/α,β-unsaturated/α-hetero) is 1. The van der Waals surface area contributed by atoms with Crippen LogP contribution in [-0.4, -0.2) is 74.5 Å². The number of ketones is 1. The zero-order chi connectivity index (χ0) is 18.5. The van der Waals surface area contributed by atoms with E-state index in [1.165, 1.54) is 19.4 Å². The Morgan fingerprint density at radius 3 is 2.38 bits per heavy atom. The second-order valence-electron chi connectivity index (χ2n) is 7.53. The van der Waals surface area contributed by atoms with Gasteiger partial charge in [0.25, 0.3) is 0 Å². The van der Waals surface area contributed by atoms with Gasteiger partial charge in [-0.05, 0) is 63.5 Å². The highest BCUT2D eigenvalue weighted by Crippen LogP contribution is 2.18. The van der Waals surface area contributed by atoms with Gasteiger partial charge in [0.2, 0.25) is 0 Å². The lowest BCUT2D eigenvalue weighted by Gasteiger charge is -2.36. The minimum Gasteiger partial charge on any atom is -0.368 e. The van der Waals surface area contributed by atoms with Gasteiger partial charge in [0.15, 0.2) is 5.78 Å². The quantitative estimate of drug-likeness (QED) is 0.837. The Morgan fingerprint density at radius 2 is 1.77 bits per heavy atom. The van der Waals surface area contributed by atoms with E-state index in [1.54, 1.807) is 6.92 Å². The Morgan fingerprint density at radius 1 is 1.08 bits per heavy atom. The highest BCUT2D eigenvalue weighted by molar-refractivity contribution is 5.94. The Bertz CT molecular complexity index is 623. The number of amides is 2. The van der Waals surface area contributed by atoms with Crippen molar-refractivity contribution in [1.29, 1.82) is 0 Å². The first-order valence-electron chi connectivity index (χ1n) is 9.60. The van der Waals surface area contributed by atoms with Crippen LogP contribution in [0.2, 0.25) is 0 Å². The summed E-state index contributed by atoms with van der Waals surface area (Å²) in [7, 11) is 2.15. The second kappa shape index (κ2) is 8.54. The van der Waals surface area contributed by atoms with Crippen LogP contribution in [0, 0.1) is 5.92 Å². The molecule has 6 heteroatoms. The highest BCUT2D eigenvalue weighted by Gasteiger charge is 2.23. The molecular formula is C20H30N4O2. The number of rotatable bonds is 4. The van der Waals surface area contributed by atoms with Crippen molar-refractivity contribution < 1.29 is 9.59 Å². The molecule has 1 aromatic rings. The minimum atomic E-state index is 0.0600. The number of anilines is 1. The van der Waals surface area contributed by atoms with Crippen LogP contribution in [-0.2, 0) is 0 Å². The van der Waals surface area contributed by atoms with Gasteiger partial charge in [0.05, 0.1) is 0 Å². The molecule has 142 valence electrons. The van der Waals surface area contributed by atoms with E-state index in [4.69, 9.17) is 0 Å². The molecule has 0 aromatic heterocycles. The summed E-state index contributed by atoms with van der Waals surface area (Å²) in [6.45, 7) is 7.69. The largest absolute Gasteiger partial charge is 0.368 e. The first-order valence-corrected chi connectivity index (χ1v) is 9.60. The molecule has 2 heterocycles. The Kier molecular flexibility index (Phi) is 6.14. The first kappa shape index (κ1) is 18.7. The molecule has 2 saturated heterocycles. The average Bonchev–Trinajstić information content (AvgIpc) is 2.66. The number of carbonyl (C=O) groups is 2. The summed E-state index contributed by atoms with van der Waals surface area (Å²) in [5, 5.41) is 3.12. The maximum absolute atomic E-state index is 12.4. The summed E-state index contributed by atoms with van der Waals surface area (Å²) in [4.78, 5) is 30.3. The zero-order valence-electron chi connectivity index (χ0n) is 15.9. The van der Waals surface area contributed by atoms with E-state index >= 15 is 0 Å². The summed E-state index contributed by atoms with van der Waals surface area (Å²) in [6.07, 6.45) is 2.42. The Labute approximate surface area is 156 Å². The number of hydrogen-bond donors (Lipinski definition) is 1. The number of likely N-dealkylation sites (tertiary alicyclic amines) is 1. The van der Waals surface area contributed by atoms with Crippen molar-refractivity contribution in [2.75, 3.05) is 57.8 Å². The van der Waals surface area contributed by atoms with E-state index in [0.717, 1.165) is 50.5 Å². The van der Waals surface area contributed by atoms with Crippen LogP contribution in [0.15, 0.2) is 24.3 Å². The highest BCUT2D eigenvalue weighted by atomic mass is 16.2. The topological polar surface area (TPSA) is 55.9 Å². The number of nitrogens with one attached hydrogen (secondary N) is 1. The molecule has 0 radical (unpaired) electrons. The fourth-order valence-corrected chi connectivity index (χ4v) is 3.86. The SMILES string of the molecule is CC(=O)c1ccc(N2CCN(C(=O)NC[C@H]3CCCN(C)C3)CC2)cc1. The molecule has 3 rings (SSSR count). The lowest BCUT2D eigenvalue weighted by molar-refractivity contribution is 0.101. The monoisotopic (exact) mass is 358 g/mol. The van der Waals surface area contributed by atoms with Crippen LogP contribution in [0.1, 0.15) is 30.1 Å². The third-order valence-electron chi connectivity index (χ3n) is 5.47. The van der Waals surface area contributed by atoms with E-state index in [-0.39, 0.29) is 11.8 Å². The van der Waals surface area contributed by atoms with Crippen molar-refractivity contribution >= 4 is 17.5 Å². The lowest BCUT2D eigenvalue weighted by atomic mass is 9.99. The summed E-state index contributed by atoms with van der Waals surface area (Å²) in [5.74, 6) is 0.654. The van der Waals surface area contributed by atoms with Crippen molar-refractivity contribution in [1.82, 2.24) is 15.1 Å². The molecular weight excluding hydrogens is 328 g/mol. The normalized spacial score (nSPS) is 21.5. The maximum atomic E-state index is 12.4. The molecule has 26 heavy (non-hydrogen) atoms. The number of carbonyl (C=O) groups excluding carboxylic acids is 2. The van der Waals surface area contributed by atoms with Crippen LogP contribution in [0.4, 0.5) is 10.5 Å². The first-order chi connectivity index (χ1) is 12.5. The van der Waals surface area contributed by atoms with Gasteiger partial charge in [-0.15, -0.1) is 0 Å². The van der Waals surface area contributed by atoms with Gasteiger partial charge in [-0.2, -0.15) is 0 Å². The van der Waals surface area contributed by atoms with Crippen molar-refractivity contribution in [3.8, 4) is 0 Å². The number of benzene rings is 1. The van der Waals surface area contributed by atoms with Gasteiger partial charge in [-0.1, -0.05) is 0 Å². The zero-order valence-corrected chi connectivity index (χ0v) is 15.9.